The first-order chi connectivity index (χ1) is 30.9. The molecule has 1 heterocycles. The zero-order valence-corrected chi connectivity index (χ0v) is 42.0. The van der Waals surface area contributed by atoms with Gasteiger partial charge in [0.15, 0.2) is 0 Å². The molecule has 0 bridgehead atoms. The van der Waals surface area contributed by atoms with Gasteiger partial charge in [-0.15, -0.1) is 0 Å². The van der Waals surface area contributed by atoms with E-state index in [0.717, 1.165) is 70.6 Å². The van der Waals surface area contributed by atoms with Crippen molar-refractivity contribution in [1.82, 2.24) is 10.6 Å². The number of amides is 2. The summed E-state index contributed by atoms with van der Waals surface area (Å²) in [6.07, 6.45) is 16.2. The standard InChI is InChI=1S/C39H73N2O19P3S2/c1-39(2,30-41-37(42)18-20-51-22-24-53-26-27-54-25-23-52-21-19-40-38(43)57-33-16-12-8-5-9-13-17-33)65-64-31-55-35-28-34(32-14-10-6-3-4-7-11-15-32)58-36(35)29-56-62(47,48)60-63(49,50)59-61(44,45)46/h5,8,32-36H,3-4,6-7,9-31H2,1-2H3,(H,40,43)(H,41,42)(H,47,48)(H,49,50)(H2,44,45,46)/b8-5+/t33?,34-,35?,36-/m1/s1. The SMILES string of the molecule is CC(C)(CNC(=O)CCOCCOCCOCCOCCNC(=O)OC1CC/C=C/CCC1)SSCOC1C[C@H](C2CCCCCCCC2)O[C@@H]1COP(=O)(O)OP(=O)(O)OP(=O)(O)O. The number of carbonyl (C=O) groups excluding carboxylic acids is 2. The number of carbonyl (C=O) groups is 2. The molecule has 1 aliphatic heterocycles. The van der Waals surface area contributed by atoms with Crippen LogP contribution in [0.15, 0.2) is 12.2 Å². The Kier molecular flexibility index (Phi) is 29.1. The van der Waals surface area contributed by atoms with Crippen LogP contribution < -0.4 is 10.6 Å². The van der Waals surface area contributed by atoms with Crippen LogP contribution in [0.4, 0.5) is 4.79 Å². The maximum absolute atomic E-state index is 12.5. The summed E-state index contributed by atoms with van der Waals surface area (Å²) in [6, 6.07) is 0. The first kappa shape index (κ1) is 58.7. The summed E-state index contributed by atoms with van der Waals surface area (Å²) in [7, 11) is -13.6. The highest BCUT2D eigenvalue weighted by molar-refractivity contribution is 8.77. The van der Waals surface area contributed by atoms with Crippen LogP contribution in [0.3, 0.4) is 0 Å². The Morgan fingerprint density at radius 1 is 0.738 bits per heavy atom. The highest BCUT2D eigenvalue weighted by Gasteiger charge is 2.44. The molecule has 6 atom stereocenters. The summed E-state index contributed by atoms with van der Waals surface area (Å²) in [4.78, 5) is 61.8. The molecule has 4 unspecified atom stereocenters. The Morgan fingerprint density at radius 2 is 1.35 bits per heavy atom. The average molecular weight is 1030 g/mol. The second kappa shape index (κ2) is 32.3. The van der Waals surface area contributed by atoms with Gasteiger partial charge < -0.3 is 63.4 Å². The predicted octanol–water partition coefficient (Wildman–Crippen LogP) is 6.93. The molecule has 6 N–H and O–H groups in total. The molecule has 21 nitrogen and oxygen atoms in total. The summed E-state index contributed by atoms with van der Waals surface area (Å²) in [5, 5.41) is 5.65. The third-order valence-corrected chi connectivity index (χ3v) is 17.1. The lowest BCUT2D eigenvalue weighted by atomic mass is 9.89. The molecular formula is C39H73N2O19P3S2. The Balaban J connectivity index is 1.23. The molecule has 0 aromatic heterocycles. The van der Waals surface area contributed by atoms with Crippen molar-refractivity contribution in [1.29, 1.82) is 0 Å². The van der Waals surface area contributed by atoms with Gasteiger partial charge in [0.05, 0.1) is 71.7 Å². The fraction of sp³-hybridized carbons (Fsp3) is 0.897. The predicted molar refractivity (Wildman–Crippen MR) is 244 cm³/mol. The lowest BCUT2D eigenvalue weighted by Gasteiger charge is -2.25. The Morgan fingerprint density at radius 3 is 2.02 bits per heavy atom. The zero-order chi connectivity index (χ0) is 47.4. The topological polar surface area (TPSA) is 283 Å². The summed E-state index contributed by atoms with van der Waals surface area (Å²) < 4.78 is 87.6. The molecule has 65 heavy (non-hydrogen) atoms. The van der Waals surface area contributed by atoms with E-state index < -0.39 is 48.4 Å². The fourth-order valence-corrected chi connectivity index (χ4v) is 12.4. The smallest absolute Gasteiger partial charge is 0.446 e. The van der Waals surface area contributed by atoms with Gasteiger partial charge in [0.25, 0.3) is 0 Å². The minimum Gasteiger partial charge on any atom is -0.446 e. The maximum atomic E-state index is 12.5. The molecule has 1 saturated heterocycles. The van der Waals surface area contributed by atoms with Gasteiger partial charge in [0, 0.05) is 30.7 Å². The monoisotopic (exact) mass is 1030 g/mol. The number of hydrogen-bond donors (Lipinski definition) is 6. The largest absolute Gasteiger partial charge is 0.490 e. The molecular weight excluding hydrogens is 957 g/mol. The number of alkyl carbamates (subject to hydrolysis) is 1. The number of nitrogens with one attached hydrogen (secondary N) is 2. The Bertz CT molecular complexity index is 1520. The Labute approximate surface area is 391 Å². The summed E-state index contributed by atoms with van der Waals surface area (Å²) >= 11 is 0. The second-order valence-corrected chi connectivity index (χ2v) is 23.9. The van der Waals surface area contributed by atoms with Crippen molar-refractivity contribution in [3.05, 3.63) is 12.2 Å². The van der Waals surface area contributed by atoms with Crippen molar-refractivity contribution in [2.45, 2.75) is 139 Å². The van der Waals surface area contributed by atoms with Crippen LogP contribution in [0.1, 0.15) is 110 Å². The zero-order valence-electron chi connectivity index (χ0n) is 37.7. The Hall–Kier alpha value is -0.650. The molecule has 26 heteroatoms. The van der Waals surface area contributed by atoms with Crippen LogP contribution >= 0.6 is 45.1 Å². The van der Waals surface area contributed by atoms with Gasteiger partial charge in [-0.3, -0.25) is 9.32 Å². The molecule has 2 aliphatic carbocycles. The number of allylic oxidation sites excluding steroid dienone is 2. The van der Waals surface area contributed by atoms with Gasteiger partial charge in [-0.05, 0) is 64.7 Å². The third-order valence-electron chi connectivity index (χ3n) is 10.4. The molecule has 0 spiro atoms. The van der Waals surface area contributed by atoms with Crippen LogP contribution in [-0.4, -0.2) is 139 Å². The second-order valence-electron chi connectivity index (χ2n) is 16.5. The van der Waals surface area contributed by atoms with Gasteiger partial charge in [-0.25, -0.2) is 18.5 Å². The van der Waals surface area contributed by atoms with Gasteiger partial charge in [-0.1, -0.05) is 72.3 Å². The number of phosphoric ester groups is 1. The lowest BCUT2D eigenvalue weighted by molar-refractivity contribution is -0.122. The van der Waals surface area contributed by atoms with Gasteiger partial charge in [0.2, 0.25) is 5.91 Å². The van der Waals surface area contributed by atoms with E-state index >= 15 is 0 Å². The third kappa shape index (κ3) is 29.2. The van der Waals surface area contributed by atoms with Crippen LogP contribution in [-0.2, 0) is 64.8 Å². The van der Waals surface area contributed by atoms with Crippen molar-refractivity contribution in [2.24, 2.45) is 5.92 Å². The molecule has 1 saturated carbocycles. The molecule has 2 fully saturated rings. The first-order valence-corrected chi connectivity index (χ1v) is 29.3. The van der Waals surface area contributed by atoms with Crippen LogP contribution in [0.25, 0.3) is 0 Å². The first-order valence-electron chi connectivity index (χ1n) is 22.5. The van der Waals surface area contributed by atoms with Crippen molar-refractivity contribution in [3.63, 3.8) is 0 Å². The van der Waals surface area contributed by atoms with E-state index in [4.69, 9.17) is 47.5 Å². The number of rotatable bonds is 31. The van der Waals surface area contributed by atoms with E-state index in [1.807, 2.05) is 13.8 Å². The van der Waals surface area contributed by atoms with Crippen molar-refractivity contribution < 1.29 is 89.2 Å². The van der Waals surface area contributed by atoms with Crippen LogP contribution in [0, 0.1) is 5.92 Å². The molecule has 380 valence electrons. The number of phosphoric acid groups is 3. The maximum Gasteiger partial charge on any atom is 0.490 e. The molecule has 0 radical (unpaired) electrons. The van der Waals surface area contributed by atoms with Crippen molar-refractivity contribution in [2.75, 3.05) is 78.5 Å². The minimum absolute atomic E-state index is 0.0457. The van der Waals surface area contributed by atoms with E-state index in [2.05, 4.69) is 31.4 Å². The van der Waals surface area contributed by atoms with E-state index in [1.165, 1.54) is 34.4 Å². The number of ether oxygens (including phenoxy) is 7. The quantitative estimate of drug-likeness (QED) is 0.0135. The number of hydrogen-bond acceptors (Lipinski definition) is 17. The highest BCUT2D eigenvalue weighted by atomic mass is 33.1. The minimum atomic E-state index is -5.66. The van der Waals surface area contributed by atoms with E-state index in [0.29, 0.717) is 65.8 Å². The molecule has 0 aromatic rings. The normalized spacial score (nSPS) is 24.0. The van der Waals surface area contributed by atoms with Gasteiger partial charge >= 0.3 is 29.6 Å². The van der Waals surface area contributed by atoms with Crippen LogP contribution in [0.5, 0.6) is 0 Å². The summed E-state index contributed by atoms with van der Waals surface area (Å²) in [6.45, 7) is 6.95. The van der Waals surface area contributed by atoms with Gasteiger partial charge in [0.1, 0.15) is 18.1 Å². The summed E-state index contributed by atoms with van der Waals surface area (Å²) in [5.41, 5.74) is 0. The molecule has 0 aromatic carbocycles. The molecule has 2 amide bonds. The van der Waals surface area contributed by atoms with E-state index in [1.54, 1.807) is 0 Å². The highest BCUT2D eigenvalue weighted by Crippen LogP contribution is 2.66. The van der Waals surface area contributed by atoms with E-state index in [-0.39, 0.29) is 47.7 Å². The van der Waals surface area contributed by atoms with Crippen LogP contribution in [0.2, 0.25) is 0 Å². The molecule has 3 rings (SSSR count). The fourth-order valence-electron chi connectivity index (χ4n) is 7.20. The average Bonchev–Trinajstić information content (AvgIpc) is 3.67. The lowest BCUT2D eigenvalue weighted by Crippen LogP contribution is -2.36. The van der Waals surface area contributed by atoms with Crippen molar-refractivity contribution in [3.8, 4) is 0 Å². The van der Waals surface area contributed by atoms with Crippen molar-refractivity contribution >= 4 is 57.1 Å². The molecule has 3 aliphatic rings. The van der Waals surface area contributed by atoms with E-state index in [9.17, 15) is 33.1 Å². The van der Waals surface area contributed by atoms with Gasteiger partial charge in [-0.2, -0.15) is 8.62 Å². The summed E-state index contributed by atoms with van der Waals surface area (Å²) in [5.74, 6) is 0.280.